The Morgan fingerprint density at radius 3 is 2.59 bits per heavy atom. The van der Waals surface area contributed by atoms with Gasteiger partial charge in [0.2, 0.25) is 0 Å². The van der Waals surface area contributed by atoms with Gasteiger partial charge in [0.15, 0.2) is 11.2 Å². The second-order valence-corrected chi connectivity index (χ2v) is 8.69. The maximum absolute atomic E-state index is 12.9. The summed E-state index contributed by atoms with van der Waals surface area (Å²) in [4.78, 5) is 32.5. The molecule has 154 valence electrons. The van der Waals surface area contributed by atoms with Crippen molar-refractivity contribution >= 4 is 27.1 Å². The highest BCUT2D eigenvalue weighted by molar-refractivity contribution is 9.10. The van der Waals surface area contributed by atoms with Crippen molar-refractivity contribution in [1.29, 1.82) is 0 Å². The number of imidazole rings is 1. The third-order valence-electron chi connectivity index (χ3n) is 5.73. The summed E-state index contributed by atoms with van der Waals surface area (Å²) < 4.78 is 5.62. The molecular weight excluding hydrogens is 434 g/mol. The number of likely N-dealkylation sites (tertiary alicyclic amines) is 1. The van der Waals surface area contributed by atoms with Crippen LogP contribution in [-0.4, -0.2) is 43.2 Å². The normalized spacial score (nSPS) is 14.9. The lowest BCUT2D eigenvalue weighted by atomic mass is 10.2. The molecule has 3 heterocycles. The predicted octanol–water partition coefficient (Wildman–Crippen LogP) is 2.27. The zero-order valence-corrected chi connectivity index (χ0v) is 18.5. The summed E-state index contributed by atoms with van der Waals surface area (Å²) in [5, 5.41) is 0. The SMILES string of the molecule is Cn1c(=O)c2c(nc(CCCN3CCCC3)n2Cc2cccc(Br)c2)n(C)c1=O. The van der Waals surface area contributed by atoms with E-state index in [0.29, 0.717) is 17.7 Å². The first-order valence-corrected chi connectivity index (χ1v) is 10.9. The van der Waals surface area contributed by atoms with Crippen molar-refractivity contribution in [1.82, 2.24) is 23.6 Å². The zero-order chi connectivity index (χ0) is 20.5. The Balaban J connectivity index is 1.75. The van der Waals surface area contributed by atoms with E-state index in [1.165, 1.54) is 37.5 Å². The lowest BCUT2D eigenvalue weighted by Crippen LogP contribution is -2.37. The van der Waals surface area contributed by atoms with E-state index in [1.54, 1.807) is 7.05 Å². The molecule has 0 aliphatic carbocycles. The van der Waals surface area contributed by atoms with E-state index in [4.69, 9.17) is 4.98 Å². The van der Waals surface area contributed by atoms with E-state index in [1.807, 2.05) is 28.8 Å². The third-order valence-corrected chi connectivity index (χ3v) is 6.22. The summed E-state index contributed by atoms with van der Waals surface area (Å²) in [7, 11) is 3.20. The predicted molar refractivity (Wildman–Crippen MR) is 117 cm³/mol. The maximum Gasteiger partial charge on any atom is 0.332 e. The Hall–Kier alpha value is -2.19. The van der Waals surface area contributed by atoms with Gasteiger partial charge in [-0.3, -0.25) is 13.9 Å². The van der Waals surface area contributed by atoms with E-state index in [0.717, 1.165) is 39.8 Å². The van der Waals surface area contributed by atoms with Crippen molar-refractivity contribution in [3.05, 3.63) is 61.0 Å². The number of benzene rings is 1. The molecule has 2 aromatic heterocycles. The Labute approximate surface area is 177 Å². The molecule has 1 aliphatic rings. The number of fused-ring (bicyclic) bond motifs is 1. The zero-order valence-electron chi connectivity index (χ0n) is 16.9. The Morgan fingerprint density at radius 2 is 1.86 bits per heavy atom. The van der Waals surface area contributed by atoms with Gasteiger partial charge in [-0.15, -0.1) is 0 Å². The number of halogens is 1. The third kappa shape index (κ3) is 3.96. The van der Waals surface area contributed by atoms with Crippen LogP contribution >= 0.6 is 15.9 Å². The van der Waals surface area contributed by atoms with Crippen LogP contribution in [0, 0.1) is 0 Å². The minimum Gasteiger partial charge on any atom is -0.318 e. The monoisotopic (exact) mass is 459 g/mol. The van der Waals surface area contributed by atoms with Crippen LogP contribution in [0.3, 0.4) is 0 Å². The highest BCUT2D eigenvalue weighted by Gasteiger charge is 2.20. The molecule has 0 bridgehead atoms. The van der Waals surface area contributed by atoms with Crippen molar-refractivity contribution in [2.24, 2.45) is 14.1 Å². The molecule has 1 aliphatic heterocycles. The number of hydrogen-bond donors (Lipinski definition) is 0. The molecule has 1 aromatic carbocycles. The van der Waals surface area contributed by atoms with Crippen molar-refractivity contribution in [3.8, 4) is 0 Å². The molecule has 4 rings (SSSR count). The number of rotatable bonds is 6. The van der Waals surface area contributed by atoms with Crippen LogP contribution in [0.15, 0.2) is 38.3 Å². The summed E-state index contributed by atoms with van der Waals surface area (Å²) in [6, 6.07) is 8.05. The Morgan fingerprint density at radius 1 is 1.10 bits per heavy atom. The van der Waals surface area contributed by atoms with Crippen LogP contribution in [0.1, 0.15) is 30.7 Å². The van der Waals surface area contributed by atoms with E-state index in [9.17, 15) is 9.59 Å². The molecule has 0 saturated carbocycles. The van der Waals surface area contributed by atoms with Crippen LogP contribution < -0.4 is 11.2 Å². The molecule has 0 atom stereocenters. The molecule has 7 nitrogen and oxygen atoms in total. The van der Waals surface area contributed by atoms with Crippen LogP contribution in [0.5, 0.6) is 0 Å². The minimum atomic E-state index is -0.349. The van der Waals surface area contributed by atoms with Gasteiger partial charge in [0.1, 0.15) is 5.82 Å². The molecule has 3 aromatic rings. The van der Waals surface area contributed by atoms with Gasteiger partial charge >= 0.3 is 5.69 Å². The molecule has 0 N–H and O–H groups in total. The topological polar surface area (TPSA) is 65.1 Å². The largest absolute Gasteiger partial charge is 0.332 e. The van der Waals surface area contributed by atoms with Crippen molar-refractivity contribution in [3.63, 3.8) is 0 Å². The first-order chi connectivity index (χ1) is 14.0. The van der Waals surface area contributed by atoms with Crippen LogP contribution in [0.4, 0.5) is 0 Å². The van der Waals surface area contributed by atoms with Gasteiger partial charge in [0.05, 0.1) is 0 Å². The van der Waals surface area contributed by atoms with Gasteiger partial charge in [-0.25, -0.2) is 9.78 Å². The van der Waals surface area contributed by atoms with Crippen LogP contribution in [0.2, 0.25) is 0 Å². The quantitative estimate of drug-likeness (QED) is 0.566. The van der Waals surface area contributed by atoms with Gasteiger partial charge in [0.25, 0.3) is 5.56 Å². The maximum atomic E-state index is 12.9. The lowest BCUT2D eigenvalue weighted by Gasteiger charge is -2.14. The van der Waals surface area contributed by atoms with Gasteiger partial charge in [-0.05, 0) is 56.6 Å². The van der Waals surface area contributed by atoms with Gasteiger partial charge < -0.3 is 9.47 Å². The highest BCUT2D eigenvalue weighted by atomic mass is 79.9. The molecular formula is C21H26BrN5O2. The molecule has 29 heavy (non-hydrogen) atoms. The second kappa shape index (κ2) is 8.28. The summed E-state index contributed by atoms with van der Waals surface area (Å²) in [6.45, 7) is 3.92. The molecule has 1 saturated heterocycles. The van der Waals surface area contributed by atoms with Crippen LogP contribution in [0.25, 0.3) is 11.2 Å². The number of nitrogens with zero attached hydrogens (tertiary/aromatic N) is 5. The van der Waals surface area contributed by atoms with E-state index < -0.39 is 0 Å². The molecule has 1 fully saturated rings. The smallest absolute Gasteiger partial charge is 0.318 e. The van der Waals surface area contributed by atoms with E-state index in [-0.39, 0.29) is 11.2 Å². The van der Waals surface area contributed by atoms with Crippen molar-refractivity contribution in [2.75, 3.05) is 19.6 Å². The highest BCUT2D eigenvalue weighted by Crippen LogP contribution is 2.18. The Kier molecular flexibility index (Phi) is 5.74. The summed E-state index contributed by atoms with van der Waals surface area (Å²) in [5.74, 6) is 0.859. The summed E-state index contributed by atoms with van der Waals surface area (Å²) in [6.07, 6.45) is 4.31. The lowest BCUT2D eigenvalue weighted by molar-refractivity contribution is 0.332. The van der Waals surface area contributed by atoms with E-state index in [2.05, 4.69) is 20.8 Å². The van der Waals surface area contributed by atoms with Gasteiger partial charge in [-0.1, -0.05) is 28.1 Å². The van der Waals surface area contributed by atoms with Crippen molar-refractivity contribution < 1.29 is 0 Å². The number of aromatic nitrogens is 4. The molecule has 0 spiro atoms. The average molecular weight is 460 g/mol. The minimum absolute atomic E-state index is 0.295. The Bertz CT molecular complexity index is 1150. The van der Waals surface area contributed by atoms with Gasteiger partial charge in [0, 0.05) is 31.5 Å². The standard InChI is InChI=1S/C21H26BrN5O2/c1-24-19-18(20(28)25(2)21(24)29)27(14-15-7-5-8-16(22)13-15)17(23-19)9-6-12-26-10-3-4-11-26/h5,7-8,13H,3-4,6,9-12,14H2,1-2H3. The fraction of sp³-hybridized carbons (Fsp3) is 0.476. The van der Waals surface area contributed by atoms with Crippen LogP contribution in [-0.2, 0) is 27.1 Å². The van der Waals surface area contributed by atoms with Gasteiger partial charge in [-0.2, -0.15) is 0 Å². The average Bonchev–Trinajstić information content (AvgIpc) is 3.33. The molecule has 0 radical (unpaired) electrons. The fourth-order valence-electron chi connectivity index (χ4n) is 4.14. The number of hydrogen-bond acceptors (Lipinski definition) is 4. The number of aryl methyl sites for hydroxylation is 2. The first kappa shape index (κ1) is 20.1. The summed E-state index contributed by atoms with van der Waals surface area (Å²) >= 11 is 3.52. The second-order valence-electron chi connectivity index (χ2n) is 7.77. The fourth-order valence-corrected chi connectivity index (χ4v) is 4.58. The first-order valence-electron chi connectivity index (χ1n) is 10.1. The molecule has 0 unspecified atom stereocenters. The van der Waals surface area contributed by atoms with E-state index >= 15 is 0 Å². The molecule has 8 heteroatoms. The van der Waals surface area contributed by atoms with Crippen molar-refractivity contribution in [2.45, 2.75) is 32.2 Å². The summed E-state index contributed by atoms with van der Waals surface area (Å²) in [5.41, 5.74) is 1.39. The molecule has 0 amide bonds.